The van der Waals surface area contributed by atoms with Crippen molar-refractivity contribution in [2.45, 2.75) is 31.9 Å². The number of esters is 1. The molecule has 2 rings (SSSR count). The summed E-state index contributed by atoms with van der Waals surface area (Å²) in [5.74, 6) is -0.424. The van der Waals surface area contributed by atoms with Crippen LogP contribution in [0.25, 0.3) is 0 Å². The Morgan fingerprint density at radius 1 is 1.50 bits per heavy atom. The third-order valence-electron chi connectivity index (χ3n) is 3.38. The second-order valence-corrected chi connectivity index (χ2v) is 5.22. The van der Waals surface area contributed by atoms with Crippen LogP contribution >= 0.6 is 11.6 Å². The van der Waals surface area contributed by atoms with Crippen LogP contribution in [-0.4, -0.2) is 31.8 Å². The Balaban J connectivity index is 2.19. The second kappa shape index (κ2) is 6.33. The van der Waals surface area contributed by atoms with E-state index < -0.39 is 5.97 Å². The zero-order chi connectivity index (χ0) is 14.7. The first-order valence-corrected chi connectivity index (χ1v) is 6.98. The highest BCUT2D eigenvalue weighted by Gasteiger charge is 2.30. The molecule has 0 radical (unpaired) electrons. The highest BCUT2D eigenvalue weighted by Crippen LogP contribution is 2.34. The van der Waals surface area contributed by atoms with E-state index in [1.165, 1.54) is 0 Å². The van der Waals surface area contributed by atoms with Crippen LogP contribution in [0.2, 0.25) is 5.02 Å². The summed E-state index contributed by atoms with van der Waals surface area (Å²) in [6.07, 6.45) is 2.05. The highest BCUT2D eigenvalue weighted by molar-refractivity contribution is 6.34. The van der Waals surface area contributed by atoms with Gasteiger partial charge in [-0.1, -0.05) is 11.6 Å². The summed E-state index contributed by atoms with van der Waals surface area (Å²) in [5, 5.41) is 3.70. The van der Waals surface area contributed by atoms with E-state index in [4.69, 9.17) is 26.8 Å². The van der Waals surface area contributed by atoms with Gasteiger partial charge in [-0.15, -0.1) is 0 Å². The summed E-state index contributed by atoms with van der Waals surface area (Å²) < 4.78 is 10.3. The van der Waals surface area contributed by atoms with Crippen LogP contribution in [-0.2, 0) is 9.47 Å². The van der Waals surface area contributed by atoms with E-state index in [2.05, 4.69) is 5.32 Å². The highest BCUT2D eigenvalue weighted by atomic mass is 35.5. The Hall–Kier alpha value is -1.46. The van der Waals surface area contributed by atoms with Crippen molar-refractivity contribution in [1.82, 2.24) is 0 Å². The third kappa shape index (κ3) is 3.16. The first-order chi connectivity index (χ1) is 9.55. The monoisotopic (exact) mass is 298 g/mol. The molecule has 5 nitrogen and oxygen atoms in total. The number of ether oxygens (including phenoxy) is 2. The average molecular weight is 299 g/mol. The standard InChI is InChI=1S/C14H19ClN2O3/c1-3-20-14(18)11-4-8(16)5-12(15)13(11)17-9-6-10(7-9)19-2/h4-5,9-10,17H,3,6-7,16H2,1-2H3. The van der Waals surface area contributed by atoms with E-state index in [1.54, 1.807) is 26.2 Å². The van der Waals surface area contributed by atoms with Crippen molar-refractivity contribution in [3.8, 4) is 0 Å². The number of nitrogen functional groups attached to an aromatic ring is 1. The molecule has 0 bridgehead atoms. The Morgan fingerprint density at radius 2 is 2.20 bits per heavy atom. The van der Waals surface area contributed by atoms with Gasteiger partial charge in [0.15, 0.2) is 0 Å². The molecule has 0 saturated heterocycles. The Bertz CT molecular complexity index is 501. The van der Waals surface area contributed by atoms with Crippen molar-refractivity contribution in [2.75, 3.05) is 24.8 Å². The number of benzene rings is 1. The number of methoxy groups -OCH3 is 1. The molecule has 0 spiro atoms. The van der Waals surface area contributed by atoms with Gasteiger partial charge in [0.2, 0.25) is 0 Å². The molecule has 1 aromatic carbocycles. The first kappa shape index (κ1) is 14.9. The third-order valence-corrected chi connectivity index (χ3v) is 3.68. The molecule has 0 aliphatic heterocycles. The number of carbonyl (C=O) groups is 1. The molecule has 0 aromatic heterocycles. The van der Waals surface area contributed by atoms with E-state index in [0.717, 1.165) is 12.8 Å². The van der Waals surface area contributed by atoms with Gasteiger partial charge in [0, 0.05) is 18.8 Å². The van der Waals surface area contributed by atoms with Gasteiger partial charge < -0.3 is 20.5 Å². The van der Waals surface area contributed by atoms with Crippen molar-refractivity contribution in [3.63, 3.8) is 0 Å². The van der Waals surface area contributed by atoms with E-state index in [0.29, 0.717) is 28.6 Å². The van der Waals surface area contributed by atoms with Crippen LogP contribution < -0.4 is 11.1 Å². The number of anilines is 2. The van der Waals surface area contributed by atoms with Gasteiger partial charge in [-0.25, -0.2) is 4.79 Å². The molecule has 3 N–H and O–H groups in total. The van der Waals surface area contributed by atoms with Crippen LogP contribution in [0, 0.1) is 0 Å². The van der Waals surface area contributed by atoms with Crippen LogP contribution in [0.3, 0.4) is 0 Å². The number of halogens is 1. The molecule has 6 heteroatoms. The normalized spacial score (nSPS) is 21.1. The minimum absolute atomic E-state index is 0.245. The Kier molecular flexibility index (Phi) is 4.73. The van der Waals surface area contributed by atoms with Gasteiger partial charge in [0.05, 0.1) is 29.0 Å². The van der Waals surface area contributed by atoms with Crippen LogP contribution in [0.4, 0.5) is 11.4 Å². The molecule has 1 fully saturated rings. The number of hydrogen-bond donors (Lipinski definition) is 2. The smallest absolute Gasteiger partial charge is 0.340 e. The molecule has 0 heterocycles. The van der Waals surface area contributed by atoms with Gasteiger partial charge in [0.25, 0.3) is 0 Å². The van der Waals surface area contributed by atoms with Crippen LogP contribution in [0.5, 0.6) is 0 Å². The molecule has 1 aromatic rings. The Morgan fingerprint density at radius 3 is 2.80 bits per heavy atom. The number of nitrogens with two attached hydrogens (primary N) is 1. The number of hydrogen-bond acceptors (Lipinski definition) is 5. The van der Waals surface area contributed by atoms with Crippen molar-refractivity contribution < 1.29 is 14.3 Å². The Labute approximate surface area is 123 Å². The van der Waals surface area contributed by atoms with E-state index >= 15 is 0 Å². The minimum Gasteiger partial charge on any atom is -0.462 e. The summed E-state index contributed by atoms with van der Waals surface area (Å²) in [5.41, 5.74) is 7.14. The quantitative estimate of drug-likeness (QED) is 0.646. The van der Waals surface area contributed by atoms with Crippen molar-refractivity contribution in [3.05, 3.63) is 22.7 Å². The minimum atomic E-state index is -0.424. The zero-order valence-corrected chi connectivity index (χ0v) is 12.4. The SMILES string of the molecule is CCOC(=O)c1cc(N)cc(Cl)c1NC1CC(OC)C1. The van der Waals surface area contributed by atoms with Crippen LogP contribution in [0.1, 0.15) is 30.1 Å². The number of nitrogens with one attached hydrogen (secondary N) is 1. The summed E-state index contributed by atoms with van der Waals surface area (Å²) in [4.78, 5) is 12.0. The van der Waals surface area contributed by atoms with Crippen molar-refractivity contribution in [1.29, 1.82) is 0 Å². The summed E-state index contributed by atoms with van der Waals surface area (Å²) in [6.45, 7) is 2.06. The molecular formula is C14H19ClN2O3. The van der Waals surface area contributed by atoms with E-state index in [1.807, 2.05) is 0 Å². The summed E-state index contributed by atoms with van der Waals surface area (Å²) in [7, 11) is 1.70. The first-order valence-electron chi connectivity index (χ1n) is 6.60. The zero-order valence-electron chi connectivity index (χ0n) is 11.6. The van der Waals surface area contributed by atoms with Gasteiger partial charge >= 0.3 is 5.97 Å². The molecule has 1 aliphatic rings. The molecule has 0 unspecified atom stereocenters. The fourth-order valence-corrected chi connectivity index (χ4v) is 2.51. The average Bonchev–Trinajstić information content (AvgIpc) is 2.34. The van der Waals surface area contributed by atoms with E-state index in [9.17, 15) is 4.79 Å². The summed E-state index contributed by atoms with van der Waals surface area (Å²) >= 11 is 6.19. The number of carbonyl (C=O) groups excluding carboxylic acids is 1. The predicted molar refractivity (Wildman–Crippen MR) is 79.3 cm³/mol. The van der Waals surface area contributed by atoms with Crippen molar-refractivity contribution in [2.24, 2.45) is 0 Å². The molecule has 0 amide bonds. The van der Waals surface area contributed by atoms with Gasteiger partial charge in [-0.05, 0) is 31.9 Å². The predicted octanol–water partition coefficient (Wildman–Crippen LogP) is 2.69. The second-order valence-electron chi connectivity index (χ2n) is 4.82. The molecule has 1 saturated carbocycles. The molecule has 1 aliphatic carbocycles. The van der Waals surface area contributed by atoms with Gasteiger partial charge in [-0.3, -0.25) is 0 Å². The lowest BCUT2D eigenvalue weighted by Gasteiger charge is -2.35. The lowest BCUT2D eigenvalue weighted by atomic mass is 9.89. The largest absolute Gasteiger partial charge is 0.462 e. The van der Waals surface area contributed by atoms with Crippen molar-refractivity contribution >= 4 is 28.9 Å². The van der Waals surface area contributed by atoms with Gasteiger partial charge in [0.1, 0.15) is 0 Å². The fraction of sp³-hybridized carbons (Fsp3) is 0.500. The maximum atomic E-state index is 12.0. The molecule has 20 heavy (non-hydrogen) atoms. The van der Waals surface area contributed by atoms with E-state index in [-0.39, 0.29) is 12.1 Å². The fourth-order valence-electron chi connectivity index (χ4n) is 2.22. The van der Waals surface area contributed by atoms with Crippen LogP contribution in [0.15, 0.2) is 12.1 Å². The lowest BCUT2D eigenvalue weighted by molar-refractivity contribution is 0.0328. The summed E-state index contributed by atoms with van der Waals surface area (Å²) in [6, 6.07) is 3.45. The molecular weight excluding hydrogens is 280 g/mol. The lowest BCUT2D eigenvalue weighted by Crippen LogP contribution is -2.40. The number of rotatable bonds is 5. The van der Waals surface area contributed by atoms with Gasteiger partial charge in [-0.2, -0.15) is 0 Å². The maximum absolute atomic E-state index is 12.0. The molecule has 0 atom stereocenters. The maximum Gasteiger partial charge on any atom is 0.340 e. The topological polar surface area (TPSA) is 73.6 Å². The molecule has 110 valence electrons.